The zero-order valence-electron chi connectivity index (χ0n) is 16.9. The third-order valence-electron chi connectivity index (χ3n) is 5.04. The molecule has 0 amide bonds. The molecule has 0 spiro atoms. The molecular formula is C20H28BrN6O2+. The fourth-order valence-electron chi connectivity index (χ4n) is 3.41. The summed E-state index contributed by atoms with van der Waals surface area (Å²) in [7, 11) is 3.14. The summed E-state index contributed by atoms with van der Waals surface area (Å²) in [5, 5.41) is 3.37. The molecule has 0 saturated carbocycles. The molecule has 9 heteroatoms. The first-order valence-electron chi connectivity index (χ1n) is 9.88. The summed E-state index contributed by atoms with van der Waals surface area (Å²) in [6, 6.07) is 7.94. The third-order valence-corrected chi connectivity index (χ3v) is 5.53. The average Bonchev–Trinajstić information content (AvgIpc) is 3.06. The van der Waals surface area contributed by atoms with Gasteiger partial charge in [0.15, 0.2) is 11.2 Å². The molecule has 2 aromatic heterocycles. The number of hydrogen-bond acceptors (Lipinski definition) is 4. The van der Waals surface area contributed by atoms with E-state index >= 15 is 0 Å². The summed E-state index contributed by atoms with van der Waals surface area (Å²) in [6.07, 6.45) is 4.43. The Morgan fingerprint density at radius 2 is 1.86 bits per heavy atom. The van der Waals surface area contributed by atoms with E-state index in [1.54, 1.807) is 7.05 Å². The molecule has 3 aromatic rings. The van der Waals surface area contributed by atoms with E-state index in [9.17, 15) is 9.59 Å². The van der Waals surface area contributed by atoms with E-state index in [0.29, 0.717) is 23.7 Å². The van der Waals surface area contributed by atoms with Crippen molar-refractivity contribution in [2.24, 2.45) is 14.1 Å². The van der Waals surface area contributed by atoms with Crippen molar-refractivity contribution >= 4 is 33.0 Å². The van der Waals surface area contributed by atoms with Gasteiger partial charge < -0.3 is 11.1 Å². The number of halogens is 1. The van der Waals surface area contributed by atoms with Gasteiger partial charge in [0, 0.05) is 25.1 Å². The maximum Gasteiger partial charge on any atom is 0.332 e. The van der Waals surface area contributed by atoms with Crippen LogP contribution in [0.3, 0.4) is 0 Å². The number of fused-ring (bicyclic) bond motifs is 1. The zero-order chi connectivity index (χ0) is 21.0. The Morgan fingerprint density at radius 1 is 1.10 bits per heavy atom. The van der Waals surface area contributed by atoms with Crippen LogP contribution in [-0.4, -0.2) is 31.8 Å². The molecule has 0 aliphatic carbocycles. The Kier molecular flexibility index (Phi) is 6.92. The second-order valence-electron chi connectivity index (χ2n) is 7.22. The quantitative estimate of drug-likeness (QED) is 0.468. The lowest BCUT2D eigenvalue weighted by molar-refractivity contribution is -0.368. The lowest BCUT2D eigenvalue weighted by Gasteiger charge is -2.11. The van der Waals surface area contributed by atoms with Gasteiger partial charge in [-0.3, -0.25) is 18.5 Å². The van der Waals surface area contributed by atoms with Crippen LogP contribution in [0.15, 0.2) is 38.3 Å². The smallest absolute Gasteiger partial charge is 0.332 e. The fraction of sp³-hybridized carbons (Fsp3) is 0.450. The predicted molar refractivity (Wildman–Crippen MR) is 118 cm³/mol. The van der Waals surface area contributed by atoms with E-state index in [2.05, 4.69) is 32.0 Å². The Morgan fingerprint density at radius 3 is 2.59 bits per heavy atom. The summed E-state index contributed by atoms with van der Waals surface area (Å²) in [5.74, 6) is 0.607. The lowest BCUT2D eigenvalue weighted by Crippen LogP contribution is -2.50. The van der Waals surface area contributed by atoms with Gasteiger partial charge in [-0.15, -0.1) is 0 Å². The molecule has 0 aliphatic heterocycles. The average molecular weight is 464 g/mol. The SMILES string of the molecule is Cn1c(=O)c2c(nc(NCCCCCC[NH3+])n2Cc2cccc(Br)c2)n(C)c1=O. The zero-order valence-corrected chi connectivity index (χ0v) is 18.5. The van der Waals surface area contributed by atoms with E-state index in [4.69, 9.17) is 0 Å². The number of aryl methyl sites for hydroxylation is 1. The van der Waals surface area contributed by atoms with Crippen molar-refractivity contribution in [2.45, 2.75) is 32.2 Å². The van der Waals surface area contributed by atoms with Crippen LogP contribution >= 0.6 is 15.9 Å². The van der Waals surface area contributed by atoms with Gasteiger partial charge in [-0.05, 0) is 37.0 Å². The molecule has 0 fully saturated rings. The topological polar surface area (TPSA) is 101 Å². The van der Waals surface area contributed by atoms with Gasteiger partial charge in [0.2, 0.25) is 5.95 Å². The molecule has 0 unspecified atom stereocenters. The summed E-state index contributed by atoms with van der Waals surface area (Å²) >= 11 is 3.50. The minimum atomic E-state index is -0.380. The summed E-state index contributed by atoms with van der Waals surface area (Å²) < 4.78 is 5.39. The van der Waals surface area contributed by atoms with Crippen LogP contribution in [-0.2, 0) is 20.6 Å². The number of nitrogens with zero attached hydrogens (tertiary/aromatic N) is 4. The number of nitrogens with one attached hydrogen (secondary N) is 1. The van der Waals surface area contributed by atoms with Gasteiger partial charge in [0.25, 0.3) is 5.56 Å². The minimum absolute atomic E-state index is 0.339. The maximum atomic E-state index is 12.9. The van der Waals surface area contributed by atoms with Crippen molar-refractivity contribution in [3.8, 4) is 0 Å². The number of anilines is 1. The second-order valence-corrected chi connectivity index (χ2v) is 8.14. The van der Waals surface area contributed by atoms with Gasteiger partial charge in [0.05, 0.1) is 13.1 Å². The van der Waals surface area contributed by atoms with Crippen LogP contribution in [0.1, 0.15) is 31.2 Å². The maximum absolute atomic E-state index is 12.9. The third kappa shape index (κ3) is 4.62. The van der Waals surface area contributed by atoms with Crippen molar-refractivity contribution in [3.05, 3.63) is 55.1 Å². The van der Waals surface area contributed by atoms with Crippen LogP contribution in [0.25, 0.3) is 11.2 Å². The van der Waals surface area contributed by atoms with Crippen molar-refractivity contribution in [3.63, 3.8) is 0 Å². The fourth-order valence-corrected chi connectivity index (χ4v) is 3.86. The molecule has 1 aromatic carbocycles. The largest absolute Gasteiger partial charge is 0.358 e. The number of rotatable bonds is 9. The van der Waals surface area contributed by atoms with E-state index < -0.39 is 0 Å². The van der Waals surface area contributed by atoms with E-state index in [1.807, 2.05) is 28.8 Å². The monoisotopic (exact) mass is 463 g/mol. The van der Waals surface area contributed by atoms with Gasteiger partial charge in [-0.25, -0.2) is 4.79 Å². The van der Waals surface area contributed by atoms with Crippen LogP contribution in [0.4, 0.5) is 5.95 Å². The molecule has 0 atom stereocenters. The van der Waals surface area contributed by atoms with Gasteiger partial charge in [-0.2, -0.15) is 4.98 Å². The second kappa shape index (κ2) is 9.41. The molecule has 3 rings (SSSR count). The Hall–Kier alpha value is -2.39. The van der Waals surface area contributed by atoms with Gasteiger partial charge >= 0.3 is 5.69 Å². The molecule has 29 heavy (non-hydrogen) atoms. The first-order chi connectivity index (χ1) is 13.9. The number of imidazole rings is 1. The number of aromatic nitrogens is 4. The van der Waals surface area contributed by atoms with Crippen molar-refractivity contribution < 1.29 is 5.73 Å². The molecule has 0 radical (unpaired) electrons. The highest BCUT2D eigenvalue weighted by Gasteiger charge is 2.19. The van der Waals surface area contributed by atoms with E-state index in [-0.39, 0.29) is 11.2 Å². The Labute approximate surface area is 177 Å². The molecule has 0 aliphatic rings. The molecule has 0 saturated heterocycles. The van der Waals surface area contributed by atoms with Crippen LogP contribution < -0.4 is 22.3 Å². The van der Waals surface area contributed by atoms with E-state index in [0.717, 1.165) is 53.4 Å². The van der Waals surface area contributed by atoms with Crippen molar-refractivity contribution in [1.82, 2.24) is 18.7 Å². The highest BCUT2D eigenvalue weighted by atomic mass is 79.9. The van der Waals surface area contributed by atoms with Crippen LogP contribution in [0, 0.1) is 0 Å². The number of benzene rings is 1. The number of unbranched alkanes of at least 4 members (excludes halogenated alkanes) is 3. The first-order valence-corrected chi connectivity index (χ1v) is 10.7. The standard InChI is InChI=1S/C20H27BrN6O2/c1-25-17-16(18(28)26(2)20(25)29)27(13-14-8-7-9-15(21)12-14)19(24-17)23-11-6-4-3-5-10-22/h7-9,12H,3-6,10-11,13,22H2,1-2H3,(H,23,24)/p+1. The van der Waals surface area contributed by atoms with E-state index in [1.165, 1.54) is 11.6 Å². The lowest BCUT2D eigenvalue weighted by atomic mass is 10.2. The highest BCUT2D eigenvalue weighted by Crippen LogP contribution is 2.20. The summed E-state index contributed by atoms with van der Waals surface area (Å²) in [5.41, 5.74) is 5.01. The molecule has 156 valence electrons. The van der Waals surface area contributed by atoms with Crippen molar-refractivity contribution in [2.75, 3.05) is 18.4 Å². The van der Waals surface area contributed by atoms with Gasteiger partial charge in [-0.1, -0.05) is 34.5 Å². The number of quaternary nitrogens is 1. The van der Waals surface area contributed by atoms with Crippen LogP contribution in [0.5, 0.6) is 0 Å². The molecule has 4 N–H and O–H groups in total. The molecular weight excluding hydrogens is 436 g/mol. The number of hydrogen-bond donors (Lipinski definition) is 2. The first kappa shape index (κ1) is 21.3. The van der Waals surface area contributed by atoms with Crippen LogP contribution in [0.2, 0.25) is 0 Å². The summed E-state index contributed by atoms with van der Waals surface area (Å²) in [6.45, 7) is 2.20. The highest BCUT2D eigenvalue weighted by molar-refractivity contribution is 9.10. The van der Waals surface area contributed by atoms with Gasteiger partial charge in [0.1, 0.15) is 0 Å². The summed E-state index contributed by atoms with van der Waals surface area (Å²) in [4.78, 5) is 29.8. The van der Waals surface area contributed by atoms with Crippen molar-refractivity contribution in [1.29, 1.82) is 0 Å². The molecule has 8 nitrogen and oxygen atoms in total. The minimum Gasteiger partial charge on any atom is -0.358 e. The Bertz CT molecular complexity index is 1110. The normalized spacial score (nSPS) is 11.3. The Balaban J connectivity index is 1.99. The predicted octanol–water partition coefficient (Wildman–Crippen LogP) is 1.46. The molecule has 2 heterocycles. The molecule has 0 bridgehead atoms.